The van der Waals surface area contributed by atoms with Crippen molar-refractivity contribution in [1.29, 1.82) is 0 Å². The summed E-state index contributed by atoms with van der Waals surface area (Å²) in [5.41, 5.74) is 3.24. The Labute approximate surface area is 162 Å². The number of benzene rings is 2. The number of nitrogens with one attached hydrogen (secondary N) is 1. The average molecular weight is 376 g/mol. The summed E-state index contributed by atoms with van der Waals surface area (Å²) in [7, 11) is 0. The number of carbonyl (C=O) groups excluding carboxylic acids is 2. The summed E-state index contributed by atoms with van der Waals surface area (Å²) < 4.78 is 5.03. The van der Waals surface area contributed by atoms with Crippen LogP contribution < -0.4 is 10.2 Å². The first-order chi connectivity index (χ1) is 13.5. The van der Waals surface area contributed by atoms with Gasteiger partial charge in [0.25, 0.3) is 0 Å². The molecule has 0 aliphatic carbocycles. The normalized spacial score (nSPS) is 16.4. The van der Waals surface area contributed by atoms with Crippen LogP contribution in [-0.4, -0.2) is 28.5 Å². The van der Waals surface area contributed by atoms with E-state index in [9.17, 15) is 9.59 Å². The smallest absolute Gasteiger partial charge is 0.229 e. The molecule has 2 heterocycles. The van der Waals surface area contributed by atoms with Gasteiger partial charge >= 0.3 is 0 Å². The topological polar surface area (TPSA) is 88.3 Å². The number of amides is 2. The van der Waals surface area contributed by atoms with Crippen molar-refractivity contribution < 1.29 is 14.1 Å². The van der Waals surface area contributed by atoms with Gasteiger partial charge in [0.05, 0.1) is 5.92 Å². The minimum absolute atomic E-state index is 0.0774. The minimum atomic E-state index is -0.400. The number of hydrogen-bond donors (Lipinski definition) is 1. The fourth-order valence-electron chi connectivity index (χ4n) is 3.31. The molecule has 1 aliphatic rings. The van der Waals surface area contributed by atoms with Gasteiger partial charge in [-0.1, -0.05) is 35.5 Å². The van der Waals surface area contributed by atoms with Crippen molar-refractivity contribution in [2.24, 2.45) is 5.92 Å². The molecule has 0 spiro atoms. The summed E-state index contributed by atoms with van der Waals surface area (Å²) in [5.74, 6) is 0.329. The van der Waals surface area contributed by atoms with E-state index in [0.29, 0.717) is 18.3 Å². The monoisotopic (exact) mass is 376 g/mol. The van der Waals surface area contributed by atoms with E-state index in [-0.39, 0.29) is 18.2 Å². The third-order valence-corrected chi connectivity index (χ3v) is 4.84. The molecule has 28 heavy (non-hydrogen) atoms. The van der Waals surface area contributed by atoms with Gasteiger partial charge in [-0.2, -0.15) is 4.98 Å². The summed E-state index contributed by atoms with van der Waals surface area (Å²) in [6, 6.07) is 15.0. The Kier molecular flexibility index (Phi) is 4.65. The Morgan fingerprint density at radius 1 is 1.18 bits per heavy atom. The van der Waals surface area contributed by atoms with Crippen molar-refractivity contribution in [2.45, 2.75) is 20.3 Å². The van der Waals surface area contributed by atoms with Crippen molar-refractivity contribution in [2.75, 3.05) is 16.8 Å². The van der Waals surface area contributed by atoms with Gasteiger partial charge in [-0.3, -0.25) is 9.59 Å². The second kappa shape index (κ2) is 7.26. The molecule has 1 aliphatic heterocycles. The SMILES string of the molecule is Cc1nc(-c2cccc(N3C[C@H](C(=O)Nc4ccccc4C)CC3=O)c2)no1. The second-order valence-electron chi connectivity index (χ2n) is 6.90. The van der Waals surface area contributed by atoms with Crippen LogP contribution in [0.4, 0.5) is 11.4 Å². The Balaban J connectivity index is 1.51. The van der Waals surface area contributed by atoms with Crippen molar-refractivity contribution in [3.8, 4) is 11.4 Å². The molecule has 1 N–H and O–H groups in total. The molecule has 1 atom stereocenters. The summed E-state index contributed by atoms with van der Waals surface area (Å²) >= 11 is 0. The molecule has 0 bridgehead atoms. The first kappa shape index (κ1) is 17.9. The van der Waals surface area contributed by atoms with Gasteiger partial charge in [0.15, 0.2) is 0 Å². The molecule has 1 saturated heterocycles. The van der Waals surface area contributed by atoms with Crippen LogP contribution in [0.15, 0.2) is 53.1 Å². The van der Waals surface area contributed by atoms with Crippen LogP contribution in [0.3, 0.4) is 0 Å². The number of rotatable bonds is 4. The fourth-order valence-corrected chi connectivity index (χ4v) is 3.31. The van der Waals surface area contributed by atoms with Crippen LogP contribution in [0, 0.1) is 19.8 Å². The quantitative estimate of drug-likeness (QED) is 0.754. The highest BCUT2D eigenvalue weighted by Crippen LogP contribution is 2.29. The predicted molar refractivity (Wildman–Crippen MR) is 105 cm³/mol. The first-order valence-electron chi connectivity index (χ1n) is 9.09. The highest BCUT2D eigenvalue weighted by atomic mass is 16.5. The van der Waals surface area contributed by atoms with Crippen LogP contribution in [0.5, 0.6) is 0 Å². The lowest BCUT2D eigenvalue weighted by Gasteiger charge is -2.17. The van der Waals surface area contributed by atoms with Gasteiger partial charge in [0.2, 0.25) is 23.5 Å². The standard InChI is InChI=1S/C21H20N4O3/c1-13-6-3-4-9-18(13)23-21(27)16-11-19(26)25(12-16)17-8-5-7-15(10-17)20-22-14(2)28-24-20/h3-10,16H,11-12H2,1-2H3,(H,23,27)/t16-/m1/s1. The third-order valence-electron chi connectivity index (χ3n) is 4.84. The first-order valence-corrected chi connectivity index (χ1v) is 9.09. The zero-order valence-electron chi connectivity index (χ0n) is 15.7. The van der Waals surface area contributed by atoms with Gasteiger partial charge in [0.1, 0.15) is 0 Å². The van der Waals surface area contributed by atoms with E-state index in [1.54, 1.807) is 11.8 Å². The predicted octanol–water partition coefficient (Wildman–Crippen LogP) is 3.35. The van der Waals surface area contributed by atoms with Crippen LogP contribution in [0.1, 0.15) is 17.9 Å². The highest BCUT2D eigenvalue weighted by Gasteiger charge is 2.35. The van der Waals surface area contributed by atoms with E-state index in [4.69, 9.17) is 4.52 Å². The summed E-state index contributed by atoms with van der Waals surface area (Å²) in [5, 5.41) is 6.85. The molecule has 0 radical (unpaired) electrons. The van der Waals surface area contributed by atoms with Gasteiger partial charge in [-0.25, -0.2) is 0 Å². The maximum Gasteiger partial charge on any atom is 0.229 e. The zero-order chi connectivity index (χ0) is 19.7. The number of aryl methyl sites for hydroxylation is 2. The Bertz CT molecular complexity index is 1040. The van der Waals surface area contributed by atoms with E-state index in [1.165, 1.54) is 0 Å². The number of anilines is 2. The zero-order valence-corrected chi connectivity index (χ0v) is 15.7. The number of para-hydroxylation sites is 1. The maximum atomic E-state index is 12.7. The summed E-state index contributed by atoms with van der Waals surface area (Å²) in [6.07, 6.45) is 0.184. The van der Waals surface area contributed by atoms with Crippen molar-refractivity contribution in [3.63, 3.8) is 0 Å². The summed E-state index contributed by atoms with van der Waals surface area (Å²) in [6.45, 7) is 4.00. The van der Waals surface area contributed by atoms with Crippen molar-refractivity contribution in [1.82, 2.24) is 10.1 Å². The highest BCUT2D eigenvalue weighted by molar-refractivity contribution is 6.03. The average Bonchev–Trinajstić information content (AvgIpc) is 3.30. The van der Waals surface area contributed by atoms with E-state index >= 15 is 0 Å². The maximum absolute atomic E-state index is 12.7. The lowest BCUT2D eigenvalue weighted by molar-refractivity contribution is -0.122. The molecule has 1 fully saturated rings. The van der Waals surface area contributed by atoms with E-state index < -0.39 is 5.92 Å². The number of carbonyl (C=O) groups is 2. The molecule has 0 saturated carbocycles. The number of nitrogens with zero attached hydrogens (tertiary/aromatic N) is 3. The molecule has 1 aromatic heterocycles. The molecular weight excluding hydrogens is 356 g/mol. The third kappa shape index (κ3) is 3.51. The van der Waals surface area contributed by atoms with E-state index in [1.807, 2.05) is 55.5 Å². The molecule has 142 valence electrons. The largest absolute Gasteiger partial charge is 0.339 e. The lowest BCUT2D eigenvalue weighted by Crippen LogP contribution is -2.28. The van der Waals surface area contributed by atoms with E-state index in [0.717, 1.165) is 22.5 Å². The van der Waals surface area contributed by atoms with Crippen LogP contribution in [-0.2, 0) is 9.59 Å². The molecule has 2 aromatic carbocycles. The van der Waals surface area contributed by atoms with Gasteiger partial charge < -0.3 is 14.7 Å². The Morgan fingerprint density at radius 3 is 2.75 bits per heavy atom. The Morgan fingerprint density at radius 2 is 2.00 bits per heavy atom. The molecular formula is C21H20N4O3. The molecule has 7 heteroatoms. The fraction of sp³-hybridized carbons (Fsp3) is 0.238. The molecule has 2 amide bonds. The van der Waals surface area contributed by atoms with Gasteiger partial charge in [-0.05, 0) is 30.7 Å². The van der Waals surface area contributed by atoms with Crippen LogP contribution in [0.25, 0.3) is 11.4 Å². The Hall–Kier alpha value is -3.48. The molecule has 0 unspecified atom stereocenters. The van der Waals surface area contributed by atoms with Crippen molar-refractivity contribution >= 4 is 23.2 Å². The summed E-state index contributed by atoms with van der Waals surface area (Å²) in [4.78, 5) is 31.1. The molecule has 7 nitrogen and oxygen atoms in total. The molecule has 4 rings (SSSR count). The van der Waals surface area contributed by atoms with Crippen molar-refractivity contribution in [3.05, 3.63) is 60.0 Å². The van der Waals surface area contributed by atoms with E-state index in [2.05, 4.69) is 15.5 Å². The second-order valence-corrected chi connectivity index (χ2v) is 6.90. The molecule has 3 aromatic rings. The van der Waals surface area contributed by atoms with Crippen LogP contribution in [0.2, 0.25) is 0 Å². The van der Waals surface area contributed by atoms with Crippen LogP contribution >= 0.6 is 0 Å². The van der Waals surface area contributed by atoms with Gasteiger partial charge in [-0.15, -0.1) is 0 Å². The number of aromatic nitrogens is 2. The number of hydrogen-bond acceptors (Lipinski definition) is 5. The van der Waals surface area contributed by atoms with Gasteiger partial charge in [0, 0.05) is 36.8 Å². The lowest BCUT2D eigenvalue weighted by atomic mass is 10.1. The minimum Gasteiger partial charge on any atom is -0.339 e.